The van der Waals surface area contributed by atoms with Gasteiger partial charge >= 0.3 is 0 Å². The van der Waals surface area contributed by atoms with E-state index in [1.807, 2.05) is 6.92 Å². The van der Waals surface area contributed by atoms with Crippen molar-refractivity contribution in [3.05, 3.63) is 0 Å². The summed E-state index contributed by atoms with van der Waals surface area (Å²) < 4.78 is 0. The zero-order chi connectivity index (χ0) is 16.5. The fourth-order valence-corrected chi connectivity index (χ4v) is 3.01. The van der Waals surface area contributed by atoms with Gasteiger partial charge in [0.2, 0.25) is 0 Å². The van der Waals surface area contributed by atoms with Crippen molar-refractivity contribution in [2.75, 3.05) is 0 Å². The van der Waals surface area contributed by atoms with E-state index in [0.717, 1.165) is 32.1 Å². The molecule has 2 unspecified atom stereocenters. The number of unbranched alkanes of at least 4 members (excludes halogenated alkanes) is 11. The molecule has 0 aromatic heterocycles. The maximum absolute atomic E-state index is 9.96. The summed E-state index contributed by atoms with van der Waals surface area (Å²) in [5, 5.41) is 19.1. The van der Waals surface area contributed by atoms with Crippen LogP contribution in [0.3, 0.4) is 0 Å². The monoisotopic (exact) mass is 314 g/mol. The molecule has 0 aromatic carbocycles. The van der Waals surface area contributed by atoms with Gasteiger partial charge in [-0.15, -0.1) is 0 Å². The van der Waals surface area contributed by atoms with E-state index in [2.05, 4.69) is 6.92 Å². The summed E-state index contributed by atoms with van der Waals surface area (Å²) in [7, 11) is 0. The zero-order valence-corrected chi connectivity index (χ0v) is 15.4. The van der Waals surface area contributed by atoms with Crippen LogP contribution in [0.15, 0.2) is 0 Å². The van der Waals surface area contributed by atoms with E-state index in [9.17, 15) is 5.11 Å². The van der Waals surface area contributed by atoms with E-state index in [0.29, 0.717) is 0 Å². The summed E-state index contributed by atoms with van der Waals surface area (Å²) in [5.74, 6) is 0. The van der Waals surface area contributed by atoms with Crippen LogP contribution >= 0.6 is 0 Å². The van der Waals surface area contributed by atoms with Gasteiger partial charge in [0, 0.05) is 0 Å². The summed E-state index contributed by atoms with van der Waals surface area (Å²) in [4.78, 5) is 0. The van der Waals surface area contributed by atoms with E-state index in [-0.39, 0.29) is 12.2 Å². The lowest BCUT2D eigenvalue weighted by Crippen LogP contribution is -2.06. The van der Waals surface area contributed by atoms with E-state index in [1.54, 1.807) is 0 Å². The van der Waals surface area contributed by atoms with Crippen LogP contribution in [0.2, 0.25) is 0 Å². The lowest BCUT2D eigenvalue weighted by Gasteiger charge is -2.10. The quantitative estimate of drug-likeness (QED) is 0.324. The molecular weight excluding hydrogens is 272 g/mol. The fraction of sp³-hybridized carbons (Fsp3) is 1.00. The molecule has 2 atom stereocenters. The van der Waals surface area contributed by atoms with Crippen LogP contribution in [0, 0.1) is 0 Å². The van der Waals surface area contributed by atoms with Gasteiger partial charge in [-0.05, 0) is 26.2 Å². The molecule has 0 aliphatic rings. The van der Waals surface area contributed by atoms with Crippen molar-refractivity contribution < 1.29 is 10.2 Å². The summed E-state index contributed by atoms with van der Waals surface area (Å²) >= 11 is 0. The van der Waals surface area contributed by atoms with E-state index in [1.165, 1.54) is 70.6 Å². The second-order valence-corrected chi connectivity index (χ2v) is 7.11. The summed E-state index contributed by atoms with van der Waals surface area (Å²) in [5.41, 5.74) is 0. The van der Waals surface area contributed by atoms with Gasteiger partial charge in [-0.3, -0.25) is 0 Å². The minimum atomic E-state index is -0.145. The molecule has 22 heavy (non-hydrogen) atoms. The molecule has 2 N–H and O–H groups in total. The highest BCUT2D eigenvalue weighted by molar-refractivity contribution is 4.58. The van der Waals surface area contributed by atoms with E-state index < -0.39 is 0 Å². The highest BCUT2D eigenvalue weighted by Crippen LogP contribution is 2.14. The minimum Gasteiger partial charge on any atom is -0.393 e. The average molecular weight is 315 g/mol. The normalized spacial score (nSPS) is 14.2. The van der Waals surface area contributed by atoms with Crippen molar-refractivity contribution in [2.24, 2.45) is 0 Å². The van der Waals surface area contributed by atoms with Gasteiger partial charge in [0.05, 0.1) is 12.2 Å². The first kappa shape index (κ1) is 21.9. The molecule has 0 spiro atoms. The van der Waals surface area contributed by atoms with Crippen molar-refractivity contribution in [1.82, 2.24) is 0 Å². The third-order valence-electron chi connectivity index (χ3n) is 4.55. The largest absolute Gasteiger partial charge is 0.393 e. The van der Waals surface area contributed by atoms with Crippen molar-refractivity contribution in [3.63, 3.8) is 0 Å². The number of hydrogen-bond acceptors (Lipinski definition) is 2. The third kappa shape index (κ3) is 18.0. The van der Waals surface area contributed by atoms with Crippen LogP contribution < -0.4 is 0 Å². The number of aliphatic hydroxyl groups is 2. The average Bonchev–Trinajstić information content (AvgIpc) is 2.48. The Kier molecular flexibility index (Phi) is 17.2. The Balaban J connectivity index is 3.14. The molecule has 0 bridgehead atoms. The van der Waals surface area contributed by atoms with Crippen LogP contribution in [0.25, 0.3) is 0 Å². The predicted octanol–water partition coefficient (Wildman–Crippen LogP) is 5.99. The number of hydrogen-bond donors (Lipinski definition) is 2. The second-order valence-electron chi connectivity index (χ2n) is 7.11. The third-order valence-corrected chi connectivity index (χ3v) is 4.55. The first-order valence-corrected chi connectivity index (χ1v) is 10.0. The van der Waals surface area contributed by atoms with Gasteiger partial charge in [0.25, 0.3) is 0 Å². The molecule has 0 rings (SSSR count). The van der Waals surface area contributed by atoms with Gasteiger partial charge in [-0.2, -0.15) is 0 Å². The van der Waals surface area contributed by atoms with Crippen LogP contribution in [-0.4, -0.2) is 22.4 Å². The van der Waals surface area contributed by atoms with Crippen LogP contribution in [0.1, 0.15) is 117 Å². The molecule has 0 saturated carbocycles. The maximum atomic E-state index is 9.96. The van der Waals surface area contributed by atoms with Crippen molar-refractivity contribution in [2.45, 2.75) is 129 Å². The number of aliphatic hydroxyl groups excluding tert-OH is 2. The molecule has 0 fully saturated rings. The Morgan fingerprint density at radius 3 is 1.32 bits per heavy atom. The first-order valence-electron chi connectivity index (χ1n) is 10.0. The second kappa shape index (κ2) is 17.3. The summed E-state index contributed by atoms with van der Waals surface area (Å²) in [6.45, 7) is 4.12. The molecule has 2 heteroatoms. The Morgan fingerprint density at radius 2 is 0.909 bits per heavy atom. The SMILES string of the molecule is CCCCCCCCCCC(O)CCCCCCCC(C)O. The first-order chi connectivity index (χ1) is 10.7. The van der Waals surface area contributed by atoms with Gasteiger partial charge in [-0.25, -0.2) is 0 Å². The summed E-state index contributed by atoms with van der Waals surface area (Å²) in [6.07, 6.45) is 19.4. The molecule has 0 aliphatic heterocycles. The lowest BCUT2D eigenvalue weighted by molar-refractivity contribution is 0.147. The molecule has 0 radical (unpaired) electrons. The maximum Gasteiger partial charge on any atom is 0.0540 e. The molecule has 0 saturated heterocycles. The van der Waals surface area contributed by atoms with E-state index in [4.69, 9.17) is 5.11 Å². The van der Waals surface area contributed by atoms with Crippen molar-refractivity contribution >= 4 is 0 Å². The van der Waals surface area contributed by atoms with Gasteiger partial charge in [0.15, 0.2) is 0 Å². The Labute approximate surface area is 139 Å². The van der Waals surface area contributed by atoms with E-state index >= 15 is 0 Å². The minimum absolute atomic E-state index is 0.0717. The van der Waals surface area contributed by atoms with Gasteiger partial charge in [0.1, 0.15) is 0 Å². The Morgan fingerprint density at radius 1 is 0.545 bits per heavy atom. The predicted molar refractivity (Wildman–Crippen MR) is 97.2 cm³/mol. The highest BCUT2D eigenvalue weighted by Gasteiger charge is 2.04. The van der Waals surface area contributed by atoms with Crippen LogP contribution in [0.5, 0.6) is 0 Å². The topological polar surface area (TPSA) is 40.5 Å². The van der Waals surface area contributed by atoms with Gasteiger partial charge < -0.3 is 10.2 Å². The highest BCUT2D eigenvalue weighted by atomic mass is 16.3. The molecule has 0 aliphatic carbocycles. The molecular formula is C20H42O2. The standard InChI is InChI=1S/C20H42O2/c1-3-4-5-6-7-8-11-14-17-20(22)18-15-12-9-10-13-16-19(2)21/h19-22H,3-18H2,1-2H3. The smallest absolute Gasteiger partial charge is 0.0540 e. The molecule has 2 nitrogen and oxygen atoms in total. The molecule has 134 valence electrons. The fourth-order valence-electron chi connectivity index (χ4n) is 3.01. The van der Waals surface area contributed by atoms with Crippen molar-refractivity contribution in [1.29, 1.82) is 0 Å². The Bertz CT molecular complexity index is 204. The molecule has 0 aromatic rings. The van der Waals surface area contributed by atoms with Gasteiger partial charge in [-0.1, -0.05) is 90.4 Å². The number of rotatable bonds is 17. The van der Waals surface area contributed by atoms with Crippen LogP contribution in [-0.2, 0) is 0 Å². The molecule has 0 amide bonds. The van der Waals surface area contributed by atoms with Crippen molar-refractivity contribution in [3.8, 4) is 0 Å². The zero-order valence-electron chi connectivity index (χ0n) is 15.4. The van der Waals surface area contributed by atoms with Crippen LogP contribution in [0.4, 0.5) is 0 Å². The molecule has 0 heterocycles. The lowest BCUT2D eigenvalue weighted by atomic mass is 10.0. The Hall–Kier alpha value is -0.0800. The summed E-state index contributed by atoms with van der Waals surface area (Å²) in [6, 6.07) is 0.